The number of rotatable bonds is 6. The highest BCUT2D eigenvalue weighted by atomic mass is 19.1. The molecule has 0 aromatic heterocycles. The molecular weight excluding hydrogens is 402 g/mol. The third-order valence-corrected chi connectivity index (χ3v) is 4.78. The molecule has 1 fully saturated rings. The van der Waals surface area contributed by atoms with Crippen LogP contribution in [-0.2, 0) is 15.1 Å². The molecule has 30 heavy (non-hydrogen) atoms. The fourth-order valence-corrected chi connectivity index (χ4v) is 3.20. The first-order valence-electron chi connectivity index (χ1n) is 8.82. The van der Waals surface area contributed by atoms with E-state index in [1.165, 1.54) is 12.1 Å². The molecule has 1 aliphatic rings. The number of benzene rings is 2. The molecule has 1 aliphatic heterocycles. The van der Waals surface area contributed by atoms with Crippen LogP contribution in [0.5, 0.6) is 0 Å². The van der Waals surface area contributed by atoms with Crippen molar-refractivity contribution in [2.75, 3.05) is 11.9 Å². The number of nitrogens with one attached hydrogen (secondary N) is 2. The second-order valence-corrected chi connectivity index (χ2v) is 6.56. The summed E-state index contributed by atoms with van der Waals surface area (Å²) >= 11 is 0. The molecular formula is C19H16F2N4O5. The number of hydrogen-bond acceptors (Lipinski definition) is 5. The van der Waals surface area contributed by atoms with E-state index in [0.29, 0.717) is 10.5 Å². The maximum absolute atomic E-state index is 13.9. The van der Waals surface area contributed by atoms with Gasteiger partial charge in [-0.25, -0.2) is 13.6 Å². The number of hydrogen-bond donors (Lipinski definition) is 2. The fraction of sp³-hybridized carbons (Fsp3) is 0.211. The Kier molecular flexibility index (Phi) is 5.45. The molecule has 3 rings (SSSR count). The predicted octanol–water partition coefficient (Wildman–Crippen LogP) is 2.67. The molecule has 1 saturated heterocycles. The van der Waals surface area contributed by atoms with Gasteiger partial charge < -0.3 is 10.6 Å². The molecule has 2 N–H and O–H groups in total. The fourth-order valence-electron chi connectivity index (χ4n) is 3.20. The molecule has 1 heterocycles. The molecule has 1 atom stereocenters. The minimum Gasteiger partial charge on any atom is -0.322 e. The summed E-state index contributed by atoms with van der Waals surface area (Å²) in [5.41, 5.74) is -2.02. The maximum atomic E-state index is 13.9. The summed E-state index contributed by atoms with van der Waals surface area (Å²) in [7, 11) is 0. The van der Waals surface area contributed by atoms with E-state index in [9.17, 15) is 33.3 Å². The molecule has 0 aliphatic carbocycles. The van der Waals surface area contributed by atoms with Crippen molar-refractivity contribution in [2.24, 2.45) is 0 Å². The van der Waals surface area contributed by atoms with E-state index < -0.39 is 57.9 Å². The number of non-ortho nitro benzene ring substituents is 1. The summed E-state index contributed by atoms with van der Waals surface area (Å²) in [4.78, 5) is 48.3. The molecule has 4 amide bonds. The van der Waals surface area contributed by atoms with Crippen LogP contribution in [0.25, 0.3) is 0 Å². The Hall–Kier alpha value is -3.89. The van der Waals surface area contributed by atoms with Gasteiger partial charge in [0.15, 0.2) is 0 Å². The van der Waals surface area contributed by atoms with Crippen molar-refractivity contribution in [3.8, 4) is 0 Å². The van der Waals surface area contributed by atoms with Crippen molar-refractivity contribution >= 4 is 29.2 Å². The minimum atomic E-state index is -1.47. The first kappa shape index (κ1) is 20.8. The molecule has 9 nitrogen and oxygen atoms in total. The molecule has 1 unspecified atom stereocenters. The van der Waals surface area contributed by atoms with Gasteiger partial charge in [0.1, 0.15) is 23.7 Å². The molecule has 2 aromatic rings. The lowest BCUT2D eigenvalue weighted by Crippen LogP contribution is -2.44. The monoisotopic (exact) mass is 418 g/mol. The summed E-state index contributed by atoms with van der Waals surface area (Å²) in [6.45, 7) is 0.902. The van der Waals surface area contributed by atoms with Crippen LogP contribution in [0, 0.1) is 21.7 Å². The summed E-state index contributed by atoms with van der Waals surface area (Å²) in [5.74, 6) is -3.09. The molecule has 0 spiro atoms. The Morgan fingerprint density at radius 1 is 1.20 bits per heavy atom. The third kappa shape index (κ3) is 3.69. The number of nitrogens with zero attached hydrogens (tertiary/aromatic N) is 2. The maximum Gasteiger partial charge on any atom is 0.325 e. The van der Waals surface area contributed by atoms with E-state index in [0.717, 1.165) is 30.3 Å². The van der Waals surface area contributed by atoms with Gasteiger partial charge in [0.2, 0.25) is 5.91 Å². The number of carbonyl (C=O) groups excluding carboxylic acids is 3. The Morgan fingerprint density at radius 3 is 2.47 bits per heavy atom. The smallest absolute Gasteiger partial charge is 0.322 e. The topological polar surface area (TPSA) is 122 Å². The van der Waals surface area contributed by atoms with Crippen molar-refractivity contribution in [3.05, 3.63) is 69.8 Å². The van der Waals surface area contributed by atoms with E-state index in [4.69, 9.17) is 0 Å². The van der Waals surface area contributed by atoms with E-state index in [1.54, 1.807) is 6.92 Å². The van der Waals surface area contributed by atoms with Crippen LogP contribution in [0.1, 0.15) is 18.9 Å². The van der Waals surface area contributed by atoms with Crippen LogP contribution in [0.2, 0.25) is 0 Å². The molecule has 0 saturated carbocycles. The molecule has 156 valence electrons. The number of amides is 4. The normalized spacial score (nSPS) is 18.3. The summed E-state index contributed by atoms with van der Waals surface area (Å²) in [5, 5.41) is 15.5. The van der Waals surface area contributed by atoms with Gasteiger partial charge in [-0.3, -0.25) is 24.6 Å². The standard InChI is InChI=1S/C19H16F2N4O5/c1-2-19(11-3-5-12(20)6-4-11)17(27)24(18(28)23-19)10-16(26)22-15-9-13(25(29)30)7-8-14(15)21/h3-9H,2,10H2,1H3,(H,22,26)(H,23,28). The zero-order valence-corrected chi connectivity index (χ0v) is 15.6. The quantitative estimate of drug-likeness (QED) is 0.424. The lowest BCUT2D eigenvalue weighted by molar-refractivity contribution is -0.384. The van der Waals surface area contributed by atoms with Crippen LogP contribution in [0.4, 0.5) is 25.0 Å². The van der Waals surface area contributed by atoms with Gasteiger partial charge in [-0.2, -0.15) is 0 Å². The van der Waals surface area contributed by atoms with E-state index >= 15 is 0 Å². The number of urea groups is 1. The highest BCUT2D eigenvalue weighted by molar-refractivity contribution is 6.10. The van der Waals surface area contributed by atoms with E-state index in [1.807, 2.05) is 0 Å². The first-order chi connectivity index (χ1) is 14.2. The summed E-state index contributed by atoms with van der Waals surface area (Å²) in [6, 6.07) is 6.74. The van der Waals surface area contributed by atoms with Gasteiger partial charge in [0.05, 0.1) is 10.6 Å². The van der Waals surface area contributed by atoms with Crippen LogP contribution in [0.3, 0.4) is 0 Å². The average molecular weight is 418 g/mol. The molecule has 0 bridgehead atoms. The zero-order valence-electron chi connectivity index (χ0n) is 15.6. The highest BCUT2D eigenvalue weighted by Gasteiger charge is 2.51. The molecule has 2 aromatic carbocycles. The summed E-state index contributed by atoms with van der Waals surface area (Å²) in [6.07, 6.45) is 0.140. The van der Waals surface area contributed by atoms with Crippen LogP contribution >= 0.6 is 0 Å². The number of nitro groups is 1. The largest absolute Gasteiger partial charge is 0.325 e. The second kappa shape index (κ2) is 7.85. The van der Waals surface area contributed by atoms with Crippen LogP contribution < -0.4 is 10.6 Å². The average Bonchev–Trinajstić information content (AvgIpc) is 2.95. The van der Waals surface area contributed by atoms with Crippen molar-refractivity contribution in [1.29, 1.82) is 0 Å². The third-order valence-electron chi connectivity index (χ3n) is 4.78. The zero-order chi connectivity index (χ0) is 22.1. The van der Waals surface area contributed by atoms with Crippen LogP contribution in [0.15, 0.2) is 42.5 Å². The van der Waals surface area contributed by atoms with Gasteiger partial charge in [-0.1, -0.05) is 19.1 Å². The molecule has 0 radical (unpaired) electrons. The summed E-state index contributed by atoms with van der Waals surface area (Å²) < 4.78 is 27.1. The van der Waals surface area contributed by atoms with Crippen molar-refractivity contribution < 1.29 is 28.1 Å². The Balaban J connectivity index is 1.80. The van der Waals surface area contributed by atoms with Crippen molar-refractivity contribution in [3.63, 3.8) is 0 Å². The van der Waals surface area contributed by atoms with Gasteiger partial charge in [-0.05, 0) is 30.2 Å². The minimum absolute atomic E-state index is 0.140. The highest BCUT2D eigenvalue weighted by Crippen LogP contribution is 2.32. The second-order valence-electron chi connectivity index (χ2n) is 6.56. The van der Waals surface area contributed by atoms with Gasteiger partial charge in [0.25, 0.3) is 11.6 Å². The number of imide groups is 1. The Bertz CT molecular complexity index is 1040. The van der Waals surface area contributed by atoms with Gasteiger partial charge in [0, 0.05) is 12.1 Å². The van der Waals surface area contributed by atoms with E-state index in [2.05, 4.69) is 10.6 Å². The lowest BCUT2D eigenvalue weighted by Gasteiger charge is -2.25. The van der Waals surface area contributed by atoms with Crippen molar-refractivity contribution in [1.82, 2.24) is 10.2 Å². The van der Waals surface area contributed by atoms with Crippen LogP contribution in [-0.4, -0.2) is 34.2 Å². The Labute approximate surface area is 168 Å². The number of nitro benzene ring substituents is 1. The lowest BCUT2D eigenvalue weighted by atomic mass is 9.87. The SMILES string of the molecule is CCC1(c2ccc(F)cc2)NC(=O)N(CC(=O)Nc2cc([N+](=O)[O-])ccc2F)C1=O. The Morgan fingerprint density at radius 2 is 1.87 bits per heavy atom. The number of halogens is 2. The van der Waals surface area contributed by atoms with E-state index in [-0.39, 0.29) is 6.42 Å². The number of carbonyl (C=O) groups is 3. The predicted molar refractivity (Wildman–Crippen MR) is 100 cm³/mol. The molecule has 11 heteroatoms. The van der Waals surface area contributed by atoms with Gasteiger partial charge >= 0.3 is 6.03 Å². The number of anilines is 1. The van der Waals surface area contributed by atoms with Crippen molar-refractivity contribution in [2.45, 2.75) is 18.9 Å². The van der Waals surface area contributed by atoms with Gasteiger partial charge in [-0.15, -0.1) is 0 Å². The first-order valence-corrected chi connectivity index (χ1v) is 8.82.